The Hall–Kier alpha value is -3.48. The fourth-order valence-electron chi connectivity index (χ4n) is 11.8. The maximum Gasteiger partial charge on any atom is 0.419 e. The standard InChI is InChI=1S/C68H110O7/c1-7-19-31-45-61(46-32-20-8-1)70-67(71-62-47-33-21-9-2-10-22-34-48-62,72-63-49-35-23-11-3-12-24-36-50-63)57-43-59-69-60-44-58-68(73-64-51-37-25-13-4-14-26-38-52-64,74-65-53-39-27-15-5-16-28-40-54-65)75-66-55-41-29-17-6-18-30-42-56-66/h43-45,47,49,51,53,55,59-60H,1-42,46,48,50,52,54,56-58H2/b59-43?,60-44?,61-45+,62-47+,63-49+,64-51+,65-53+,66-55+. The molecule has 7 nitrogen and oxygen atoms in total. The Kier molecular flexibility index (Phi) is 31.6. The SMILES string of the molecule is C(=COC=CCC(O/C1=C/CCCCCCCC1)(O/C1=C/CCCCCCCC1)O/C1=C/CCCCCCCC1)CC(O/C1=C/CCCCCCCC1)(O/C1=C/CCCCCCCC1)O/C1=C/CCCCCCCC1. The number of hydrogen-bond acceptors (Lipinski definition) is 7. The Morgan fingerprint density at radius 1 is 0.240 bits per heavy atom. The van der Waals surface area contributed by atoms with Gasteiger partial charge in [-0.1, -0.05) is 154 Å². The molecule has 6 aliphatic rings. The van der Waals surface area contributed by atoms with Crippen LogP contribution in [0.15, 0.2) is 95.7 Å². The molecule has 75 heavy (non-hydrogen) atoms. The van der Waals surface area contributed by atoms with E-state index in [1.165, 1.54) is 193 Å². The van der Waals surface area contributed by atoms with Crippen molar-refractivity contribution in [2.45, 2.75) is 333 Å². The van der Waals surface area contributed by atoms with E-state index >= 15 is 0 Å². The summed E-state index contributed by atoms with van der Waals surface area (Å²) in [4.78, 5) is 0. The molecule has 0 atom stereocenters. The molecule has 0 radical (unpaired) electrons. The fourth-order valence-corrected chi connectivity index (χ4v) is 11.8. The second-order valence-electron chi connectivity index (χ2n) is 23.2. The molecule has 0 amide bonds. The van der Waals surface area contributed by atoms with Crippen molar-refractivity contribution in [1.82, 2.24) is 0 Å². The average Bonchev–Trinajstić information content (AvgIpc) is 3.42. The van der Waals surface area contributed by atoms with Gasteiger partial charge in [-0.05, 0) is 164 Å². The van der Waals surface area contributed by atoms with Crippen LogP contribution in [-0.4, -0.2) is 11.9 Å². The summed E-state index contributed by atoms with van der Waals surface area (Å²) in [6.07, 6.45) is 78.5. The van der Waals surface area contributed by atoms with E-state index in [0.717, 1.165) is 150 Å². The second kappa shape index (κ2) is 39.0. The lowest BCUT2D eigenvalue weighted by atomic mass is 10.0. The Morgan fingerprint density at radius 2 is 0.413 bits per heavy atom. The van der Waals surface area contributed by atoms with Crippen LogP contribution in [0.25, 0.3) is 0 Å². The highest BCUT2D eigenvalue weighted by Crippen LogP contribution is 2.38. The van der Waals surface area contributed by atoms with Crippen LogP contribution in [0.1, 0.15) is 321 Å². The number of rotatable bonds is 18. The molecule has 0 unspecified atom stereocenters. The van der Waals surface area contributed by atoms with Crippen LogP contribution in [0.2, 0.25) is 0 Å². The number of ether oxygens (including phenoxy) is 7. The van der Waals surface area contributed by atoms with Gasteiger partial charge in [0.2, 0.25) is 0 Å². The third-order valence-electron chi connectivity index (χ3n) is 16.3. The quantitative estimate of drug-likeness (QED) is 0.100. The van der Waals surface area contributed by atoms with Crippen molar-refractivity contribution in [3.05, 3.63) is 95.7 Å². The van der Waals surface area contributed by atoms with Crippen molar-refractivity contribution in [2.24, 2.45) is 0 Å². The predicted molar refractivity (Wildman–Crippen MR) is 311 cm³/mol. The molecule has 0 saturated heterocycles. The zero-order valence-electron chi connectivity index (χ0n) is 48.0. The molecule has 7 heteroatoms. The number of allylic oxidation sites excluding steroid dienone is 12. The van der Waals surface area contributed by atoms with E-state index in [1.54, 1.807) is 12.5 Å². The summed E-state index contributed by atoms with van der Waals surface area (Å²) >= 11 is 0. The van der Waals surface area contributed by atoms with Gasteiger partial charge in [0.05, 0.1) is 25.4 Å². The zero-order valence-corrected chi connectivity index (χ0v) is 48.0. The van der Waals surface area contributed by atoms with Gasteiger partial charge in [-0.15, -0.1) is 0 Å². The molecule has 0 aromatic heterocycles. The summed E-state index contributed by atoms with van der Waals surface area (Å²) in [5, 5.41) is 0. The molecule has 6 rings (SSSR count). The molecular formula is C68H110O7. The van der Waals surface area contributed by atoms with Crippen molar-refractivity contribution in [1.29, 1.82) is 0 Å². The first-order chi connectivity index (χ1) is 37.2. The lowest BCUT2D eigenvalue weighted by Gasteiger charge is -2.36. The van der Waals surface area contributed by atoms with Crippen molar-refractivity contribution in [2.75, 3.05) is 0 Å². The van der Waals surface area contributed by atoms with Crippen LogP contribution >= 0.6 is 0 Å². The highest BCUT2D eigenvalue weighted by molar-refractivity contribution is 5.05. The normalized spacial score (nSPS) is 26.9. The largest absolute Gasteiger partial charge is 0.473 e. The molecule has 0 aromatic carbocycles. The molecule has 0 saturated carbocycles. The van der Waals surface area contributed by atoms with Gasteiger partial charge >= 0.3 is 11.9 Å². The van der Waals surface area contributed by atoms with Gasteiger partial charge in [-0.3, -0.25) is 0 Å². The molecule has 0 spiro atoms. The van der Waals surface area contributed by atoms with Crippen LogP contribution in [0.4, 0.5) is 0 Å². The van der Waals surface area contributed by atoms with E-state index in [-0.39, 0.29) is 0 Å². The van der Waals surface area contributed by atoms with Gasteiger partial charge in [-0.2, -0.15) is 0 Å². The van der Waals surface area contributed by atoms with E-state index in [4.69, 9.17) is 33.2 Å². The summed E-state index contributed by atoms with van der Waals surface area (Å²) in [5.74, 6) is 3.32. The van der Waals surface area contributed by atoms with E-state index in [0.29, 0.717) is 12.8 Å². The second-order valence-corrected chi connectivity index (χ2v) is 23.2. The summed E-state index contributed by atoms with van der Waals surface area (Å²) in [5.41, 5.74) is 0. The minimum atomic E-state index is -1.36. The first kappa shape index (κ1) is 60.7. The van der Waals surface area contributed by atoms with Gasteiger partial charge in [0.15, 0.2) is 0 Å². The first-order valence-electron chi connectivity index (χ1n) is 32.4. The van der Waals surface area contributed by atoms with E-state index in [2.05, 4.69) is 48.6 Å². The fraction of sp³-hybridized carbons (Fsp3) is 0.765. The maximum atomic E-state index is 7.30. The molecule has 0 bridgehead atoms. The zero-order chi connectivity index (χ0) is 51.8. The molecule has 0 N–H and O–H groups in total. The molecule has 6 aliphatic carbocycles. The molecule has 0 heterocycles. The smallest absolute Gasteiger partial charge is 0.419 e. The van der Waals surface area contributed by atoms with Gasteiger partial charge < -0.3 is 33.2 Å². The number of hydrogen-bond donors (Lipinski definition) is 0. The Morgan fingerprint density at radius 3 is 0.613 bits per heavy atom. The molecular weight excluding hydrogens is 929 g/mol. The molecule has 0 fully saturated rings. The van der Waals surface area contributed by atoms with Gasteiger partial charge in [0.25, 0.3) is 0 Å². The maximum absolute atomic E-state index is 7.30. The Balaban J connectivity index is 1.31. The first-order valence-corrected chi connectivity index (χ1v) is 32.4. The molecule has 0 aliphatic heterocycles. The lowest BCUT2D eigenvalue weighted by Crippen LogP contribution is -2.38. The van der Waals surface area contributed by atoms with Crippen LogP contribution < -0.4 is 0 Å². The minimum absolute atomic E-state index is 0.378. The average molecular weight is 1040 g/mol. The Bertz CT molecular complexity index is 1460. The van der Waals surface area contributed by atoms with Gasteiger partial charge in [0, 0.05) is 38.5 Å². The Labute approximate surface area is 459 Å². The van der Waals surface area contributed by atoms with Crippen molar-refractivity contribution in [3.63, 3.8) is 0 Å². The monoisotopic (exact) mass is 1040 g/mol. The topological polar surface area (TPSA) is 64.6 Å². The summed E-state index contributed by atoms with van der Waals surface area (Å²) in [7, 11) is 0. The van der Waals surface area contributed by atoms with E-state index in [9.17, 15) is 0 Å². The summed E-state index contributed by atoms with van der Waals surface area (Å²) in [6, 6.07) is 0. The summed E-state index contributed by atoms with van der Waals surface area (Å²) < 4.78 is 50.2. The molecule has 0 aromatic rings. The highest BCUT2D eigenvalue weighted by atomic mass is 16.9. The van der Waals surface area contributed by atoms with Crippen LogP contribution in [0, 0.1) is 0 Å². The third-order valence-corrected chi connectivity index (χ3v) is 16.3. The van der Waals surface area contributed by atoms with Crippen molar-refractivity contribution in [3.8, 4) is 0 Å². The van der Waals surface area contributed by atoms with Crippen LogP contribution in [0.3, 0.4) is 0 Å². The predicted octanol–water partition coefficient (Wildman–Crippen LogP) is 22.3. The minimum Gasteiger partial charge on any atom is -0.473 e. The third kappa shape index (κ3) is 27.1. The lowest BCUT2D eigenvalue weighted by molar-refractivity contribution is -0.337. The van der Waals surface area contributed by atoms with Gasteiger partial charge in [-0.25, -0.2) is 0 Å². The molecule has 424 valence electrons. The van der Waals surface area contributed by atoms with Gasteiger partial charge in [0.1, 0.15) is 34.6 Å². The van der Waals surface area contributed by atoms with Crippen LogP contribution in [0.5, 0.6) is 0 Å². The van der Waals surface area contributed by atoms with Crippen LogP contribution in [-0.2, 0) is 33.2 Å². The highest BCUT2D eigenvalue weighted by Gasteiger charge is 2.41. The summed E-state index contributed by atoms with van der Waals surface area (Å²) in [6.45, 7) is 0. The van der Waals surface area contributed by atoms with Crippen molar-refractivity contribution < 1.29 is 33.2 Å². The van der Waals surface area contributed by atoms with Crippen molar-refractivity contribution >= 4 is 0 Å². The van der Waals surface area contributed by atoms with E-state index in [1.807, 2.05) is 0 Å². The van der Waals surface area contributed by atoms with E-state index < -0.39 is 11.9 Å².